The van der Waals surface area contributed by atoms with E-state index in [9.17, 15) is 0 Å². The molecule has 1 saturated carbocycles. The fourth-order valence-electron chi connectivity index (χ4n) is 6.61. The second kappa shape index (κ2) is 13.5. The van der Waals surface area contributed by atoms with Crippen LogP contribution in [0.5, 0.6) is 5.75 Å². The zero-order valence-electron chi connectivity index (χ0n) is 21.9. The van der Waals surface area contributed by atoms with Crippen molar-refractivity contribution in [3.8, 4) is 16.9 Å². The molecule has 0 amide bonds. The molecule has 1 heterocycles. The van der Waals surface area contributed by atoms with Crippen molar-refractivity contribution in [3.63, 3.8) is 0 Å². The van der Waals surface area contributed by atoms with Crippen LogP contribution in [0, 0.1) is 11.8 Å². The smallest absolute Gasteiger partial charge is 0.119 e. The van der Waals surface area contributed by atoms with Crippen LogP contribution in [0.25, 0.3) is 11.1 Å². The van der Waals surface area contributed by atoms with Gasteiger partial charge in [-0.25, -0.2) is 0 Å². The zero-order valence-corrected chi connectivity index (χ0v) is 23.1. The van der Waals surface area contributed by atoms with Gasteiger partial charge in [-0.1, -0.05) is 106 Å². The van der Waals surface area contributed by atoms with Crippen molar-refractivity contribution in [2.75, 3.05) is 6.61 Å². The third-order valence-corrected chi connectivity index (χ3v) is 12.4. The summed E-state index contributed by atoms with van der Waals surface area (Å²) in [6, 6.07) is 22.9. The Hall–Kier alpha value is -1.54. The molecular formula is C32H48OSi. The van der Waals surface area contributed by atoms with Gasteiger partial charge in [-0.2, -0.15) is 0 Å². The first-order valence-electron chi connectivity index (χ1n) is 14.6. The Labute approximate surface area is 211 Å². The lowest BCUT2D eigenvalue weighted by Gasteiger charge is -2.32. The highest BCUT2D eigenvalue weighted by atomic mass is 28.3. The molecule has 2 fully saturated rings. The van der Waals surface area contributed by atoms with Gasteiger partial charge in [-0.3, -0.25) is 0 Å². The minimum Gasteiger partial charge on any atom is -0.494 e. The molecule has 1 saturated heterocycles. The number of hydrogen-bond acceptors (Lipinski definition) is 1. The van der Waals surface area contributed by atoms with Crippen LogP contribution in [-0.4, -0.2) is 15.4 Å². The minimum absolute atomic E-state index is 0.334. The molecule has 0 aromatic heterocycles. The maximum absolute atomic E-state index is 5.58. The molecule has 1 aliphatic heterocycles. The third-order valence-electron chi connectivity index (χ3n) is 8.89. The van der Waals surface area contributed by atoms with Crippen LogP contribution in [0.1, 0.15) is 96.0 Å². The Morgan fingerprint density at radius 2 is 1.29 bits per heavy atom. The van der Waals surface area contributed by atoms with Crippen molar-refractivity contribution >= 4 is 8.80 Å². The summed E-state index contributed by atoms with van der Waals surface area (Å²) in [5, 5.41) is 0. The molecule has 2 aromatic rings. The third kappa shape index (κ3) is 7.48. The Morgan fingerprint density at radius 1 is 0.706 bits per heavy atom. The lowest BCUT2D eigenvalue weighted by atomic mass is 9.76. The quantitative estimate of drug-likeness (QED) is 0.232. The monoisotopic (exact) mass is 476 g/mol. The predicted molar refractivity (Wildman–Crippen MR) is 151 cm³/mol. The fourth-order valence-corrected chi connectivity index (χ4v) is 10.2. The largest absolute Gasteiger partial charge is 0.494 e. The maximum Gasteiger partial charge on any atom is 0.119 e. The van der Waals surface area contributed by atoms with Gasteiger partial charge in [0.15, 0.2) is 0 Å². The molecule has 186 valence electrons. The summed E-state index contributed by atoms with van der Waals surface area (Å²) in [6.45, 7) is 5.09. The van der Waals surface area contributed by atoms with Gasteiger partial charge in [-0.15, -0.1) is 0 Å². The summed E-state index contributed by atoms with van der Waals surface area (Å²) in [7, 11) is -0.334. The molecule has 0 atom stereocenters. The lowest BCUT2D eigenvalue weighted by molar-refractivity contribution is 0.280. The first-order chi connectivity index (χ1) is 16.7. The van der Waals surface area contributed by atoms with Crippen molar-refractivity contribution in [3.05, 3.63) is 54.1 Å². The second-order valence-corrected chi connectivity index (χ2v) is 14.7. The van der Waals surface area contributed by atoms with Crippen LogP contribution in [0.4, 0.5) is 0 Å². The molecular weight excluding hydrogens is 428 g/mol. The van der Waals surface area contributed by atoms with Crippen LogP contribution in [-0.2, 0) is 0 Å². The van der Waals surface area contributed by atoms with Gasteiger partial charge in [0.1, 0.15) is 5.75 Å². The Balaban J connectivity index is 1.16. The van der Waals surface area contributed by atoms with Crippen molar-refractivity contribution in [1.82, 2.24) is 0 Å². The number of hydrogen-bond donors (Lipinski definition) is 0. The summed E-state index contributed by atoms with van der Waals surface area (Å²) in [6.07, 6.45) is 16.3. The van der Waals surface area contributed by atoms with E-state index in [0.717, 1.165) is 30.1 Å². The average molecular weight is 477 g/mol. The molecule has 4 rings (SSSR count). The number of ether oxygens (including phenoxy) is 1. The predicted octanol–water partition coefficient (Wildman–Crippen LogP) is 9.63. The summed E-state index contributed by atoms with van der Waals surface area (Å²) in [4.78, 5) is 0. The SMILES string of the molecule is CCCCC[SiH]1CCC(CCC2CCC(c3ccc(-c4ccc(OCC)cc4)cc3)CC2)CC1. The number of rotatable bonds is 11. The summed E-state index contributed by atoms with van der Waals surface area (Å²) < 4.78 is 5.58. The molecule has 0 bridgehead atoms. The zero-order chi connectivity index (χ0) is 23.6. The van der Waals surface area contributed by atoms with E-state index in [4.69, 9.17) is 4.74 Å². The van der Waals surface area contributed by atoms with E-state index in [1.165, 1.54) is 68.9 Å². The van der Waals surface area contributed by atoms with Gasteiger partial charge in [0.2, 0.25) is 0 Å². The van der Waals surface area contributed by atoms with Crippen LogP contribution >= 0.6 is 0 Å². The molecule has 0 N–H and O–H groups in total. The molecule has 1 aliphatic carbocycles. The van der Waals surface area contributed by atoms with Crippen molar-refractivity contribution in [1.29, 1.82) is 0 Å². The first-order valence-corrected chi connectivity index (χ1v) is 17.0. The van der Waals surface area contributed by atoms with Crippen LogP contribution in [0.2, 0.25) is 18.1 Å². The van der Waals surface area contributed by atoms with Gasteiger partial charge >= 0.3 is 0 Å². The van der Waals surface area contributed by atoms with Gasteiger partial charge < -0.3 is 4.74 Å². The average Bonchev–Trinajstić information content (AvgIpc) is 2.89. The highest BCUT2D eigenvalue weighted by molar-refractivity contribution is 6.58. The van der Waals surface area contributed by atoms with Gasteiger partial charge in [-0.05, 0) is 79.2 Å². The van der Waals surface area contributed by atoms with Crippen molar-refractivity contribution < 1.29 is 4.74 Å². The van der Waals surface area contributed by atoms with Crippen LogP contribution in [0.3, 0.4) is 0 Å². The molecule has 0 unspecified atom stereocenters. The second-order valence-electron chi connectivity index (χ2n) is 11.3. The van der Waals surface area contributed by atoms with E-state index in [1.54, 1.807) is 36.5 Å². The van der Waals surface area contributed by atoms with Crippen LogP contribution < -0.4 is 4.74 Å². The van der Waals surface area contributed by atoms with E-state index >= 15 is 0 Å². The first kappa shape index (κ1) is 25.5. The normalized spacial score (nSPS) is 25.2. The number of benzene rings is 2. The molecule has 1 nitrogen and oxygen atoms in total. The highest BCUT2D eigenvalue weighted by Gasteiger charge is 2.25. The highest BCUT2D eigenvalue weighted by Crippen LogP contribution is 2.40. The lowest BCUT2D eigenvalue weighted by Crippen LogP contribution is -2.22. The standard InChI is InChI=1S/C32H48OSi/c1-3-5-6-23-34-24-21-27(22-25-34)8-7-26-9-11-28(12-10-26)29-13-15-30(16-14-29)31-17-19-32(20-18-31)33-4-2/h13-20,26-28,34H,3-12,21-25H2,1-2H3. The maximum atomic E-state index is 5.58. The summed E-state index contributed by atoms with van der Waals surface area (Å²) in [5.74, 6) is 3.80. The Morgan fingerprint density at radius 3 is 1.88 bits per heavy atom. The Kier molecular flexibility index (Phi) is 10.2. The van der Waals surface area contributed by atoms with Crippen LogP contribution in [0.15, 0.2) is 48.5 Å². The van der Waals surface area contributed by atoms with Crippen molar-refractivity contribution in [2.45, 2.75) is 109 Å². The van der Waals surface area contributed by atoms with E-state index in [0.29, 0.717) is 0 Å². The molecule has 2 aliphatic rings. The Bertz CT molecular complexity index is 811. The van der Waals surface area contributed by atoms with E-state index in [1.807, 2.05) is 6.92 Å². The van der Waals surface area contributed by atoms with E-state index in [-0.39, 0.29) is 8.80 Å². The summed E-state index contributed by atoms with van der Waals surface area (Å²) >= 11 is 0. The molecule has 34 heavy (non-hydrogen) atoms. The van der Waals surface area contributed by atoms with Gasteiger partial charge in [0.05, 0.1) is 6.61 Å². The fraction of sp³-hybridized carbons (Fsp3) is 0.625. The van der Waals surface area contributed by atoms with E-state index < -0.39 is 0 Å². The summed E-state index contributed by atoms with van der Waals surface area (Å²) in [5.41, 5.74) is 4.14. The van der Waals surface area contributed by atoms with Gasteiger partial charge in [0, 0.05) is 8.80 Å². The molecule has 2 heteroatoms. The molecule has 0 radical (unpaired) electrons. The number of unbranched alkanes of at least 4 members (excludes halogenated alkanes) is 2. The van der Waals surface area contributed by atoms with E-state index in [2.05, 4.69) is 55.5 Å². The topological polar surface area (TPSA) is 9.23 Å². The molecule has 2 aromatic carbocycles. The van der Waals surface area contributed by atoms with Crippen molar-refractivity contribution in [2.24, 2.45) is 11.8 Å². The minimum atomic E-state index is -0.334. The molecule has 0 spiro atoms. The van der Waals surface area contributed by atoms with Gasteiger partial charge in [0.25, 0.3) is 0 Å².